The van der Waals surface area contributed by atoms with E-state index in [2.05, 4.69) is 5.32 Å². The predicted molar refractivity (Wildman–Crippen MR) is 144 cm³/mol. The van der Waals surface area contributed by atoms with Crippen molar-refractivity contribution in [2.45, 2.75) is 52.2 Å². The van der Waals surface area contributed by atoms with Crippen molar-refractivity contribution in [3.63, 3.8) is 0 Å². The molecule has 2 aromatic rings. The number of amides is 2. The van der Waals surface area contributed by atoms with E-state index < -0.39 is 28.5 Å². The molecular weight excluding hydrogens is 525 g/mol. The summed E-state index contributed by atoms with van der Waals surface area (Å²) in [6.07, 6.45) is 2.04. The largest absolute Gasteiger partial charge is 0.497 e. The summed E-state index contributed by atoms with van der Waals surface area (Å²) in [4.78, 5) is 28.2. The van der Waals surface area contributed by atoms with Crippen molar-refractivity contribution < 1.29 is 22.7 Å². The third kappa shape index (κ3) is 8.01. The Hall–Kier alpha value is -2.49. The molecule has 0 spiro atoms. The van der Waals surface area contributed by atoms with Gasteiger partial charge in [-0.25, -0.2) is 8.42 Å². The zero-order valence-corrected chi connectivity index (χ0v) is 23.5. The molecule has 0 aliphatic rings. The molecule has 11 heteroatoms. The molecule has 2 amide bonds. The lowest BCUT2D eigenvalue weighted by Crippen LogP contribution is -2.53. The number of nitrogens with zero attached hydrogens (tertiary/aromatic N) is 2. The smallest absolute Gasteiger partial charge is 0.244 e. The SMILES string of the molecule is CC[C@@H](C)NC(=O)[C@@H](CC)N(Cc1ccc(OC)cc1)C(=O)CN(c1cc(Cl)ccc1Cl)S(C)(=O)=O. The highest BCUT2D eigenvalue weighted by atomic mass is 35.5. The van der Waals surface area contributed by atoms with Crippen LogP contribution in [0.3, 0.4) is 0 Å². The molecule has 0 aliphatic carbocycles. The molecular formula is C25H33Cl2N3O5S. The van der Waals surface area contributed by atoms with Gasteiger partial charge in [0.2, 0.25) is 21.8 Å². The molecule has 0 saturated heterocycles. The van der Waals surface area contributed by atoms with Crippen LogP contribution < -0.4 is 14.4 Å². The Labute approximate surface area is 223 Å². The number of ether oxygens (including phenoxy) is 1. The van der Waals surface area contributed by atoms with Gasteiger partial charge >= 0.3 is 0 Å². The van der Waals surface area contributed by atoms with Crippen molar-refractivity contribution in [2.24, 2.45) is 0 Å². The summed E-state index contributed by atoms with van der Waals surface area (Å²) in [5, 5.41) is 3.32. The van der Waals surface area contributed by atoms with Crippen LogP contribution in [0.2, 0.25) is 10.0 Å². The van der Waals surface area contributed by atoms with Crippen LogP contribution in [-0.4, -0.2) is 57.1 Å². The van der Waals surface area contributed by atoms with E-state index in [1.54, 1.807) is 38.3 Å². The van der Waals surface area contributed by atoms with E-state index in [0.717, 1.165) is 22.5 Å². The molecule has 0 saturated carbocycles. The summed E-state index contributed by atoms with van der Waals surface area (Å²) in [5.74, 6) is -0.212. The first-order valence-electron chi connectivity index (χ1n) is 11.6. The Morgan fingerprint density at radius 1 is 1.06 bits per heavy atom. The van der Waals surface area contributed by atoms with E-state index in [1.807, 2.05) is 13.8 Å². The third-order valence-electron chi connectivity index (χ3n) is 5.75. The van der Waals surface area contributed by atoms with Crippen LogP contribution in [0.4, 0.5) is 5.69 Å². The second-order valence-electron chi connectivity index (χ2n) is 8.48. The number of anilines is 1. The first-order chi connectivity index (χ1) is 16.9. The molecule has 36 heavy (non-hydrogen) atoms. The topological polar surface area (TPSA) is 96.0 Å². The quantitative estimate of drug-likeness (QED) is 0.414. The first-order valence-corrected chi connectivity index (χ1v) is 14.2. The van der Waals surface area contributed by atoms with Gasteiger partial charge in [-0.1, -0.05) is 49.2 Å². The summed E-state index contributed by atoms with van der Waals surface area (Å²) in [6.45, 7) is 5.17. The van der Waals surface area contributed by atoms with E-state index >= 15 is 0 Å². The number of methoxy groups -OCH3 is 1. The highest BCUT2D eigenvalue weighted by Crippen LogP contribution is 2.31. The monoisotopic (exact) mass is 557 g/mol. The Morgan fingerprint density at radius 3 is 2.22 bits per heavy atom. The highest BCUT2D eigenvalue weighted by molar-refractivity contribution is 7.92. The molecule has 0 bridgehead atoms. The second-order valence-corrected chi connectivity index (χ2v) is 11.2. The summed E-state index contributed by atoms with van der Waals surface area (Å²) in [7, 11) is -2.36. The normalized spacial score (nSPS) is 13.0. The summed E-state index contributed by atoms with van der Waals surface area (Å²) in [6, 6.07) is 10.6. The number of hydrogen-bond acceptors (Lipinski definition) is 5. The lowest BCUT2D eigenvalue weighted by molar-refractivity contribution is -0.140. The average Bonchev–Trinajstić information content (AvgIpc) is 2.83. The maximum absolute atomic E-state index is 13.7. The van der Waals surface area contributed by atoms with Gasteiger partial charge in [-0.05, 0) is 55.7 Å². The number of rotatable bonds is 12. The van der Waals surface area contributed by atoms with Crippen LogP contribution in [-0.2, 0) is 26.2 Å². The third-order valence-corrected chi connectivity index (χ3v) is 7.44. The molecule has 2 aromatic carbocycles. The number of carbonyl (C=O) groups is 2. The molecule has 0 aliphatic heterocycles. The van der Waals surface area contributed by atoms with E-state index in [9.17, 15) is 18.0 Å². The molecule has 0 heterocycles. The van der Waals surface area contributed by atoms with Crippen molar-refractivity contribution in [3.8, 4) is 5.75 Å². The lowest BCUT2D eigenvalue weighted by Gasteiger charge is -2.33. The van der Waals surface area contributed by atoms with Crippen molar-refractivity contribution >= 4 is 50.7 Å². The van der Waals surface area contributed by atoms with Crippen LogP contribution in [0.15, 0.2) is 42.5 Å². The molecule has 0 fully saturated rings. The number of carbonyl (C=O) groups excluding carboxylic acids is 2. The number of benzene rings is 2. The minimum Gasteiger partial charge on any atom is -0.497 e. The lowest BCUT2D eigenvalue weighted by atomic mass is 10.1. The summed E-state index contributed by atoms with van der Waals surface area (Å²) >= 11 is 12.3. The number of nitrogens with one attached hydrogen (secondary N) is 1. The Kier molecular flexibility index (Phi) is 10.9. The van der Waals surface area contributed by atoms with E-state index in [0.29, 0.717) is 12.2 Å². The molecule has 2 atom stereocenters. The average molecular weight is 559 g/mol. The minimum atomic E-state index is -3.92. The van der Waals surface area contributed by atoms with Gasteiger partial charge in [0.15, 0.2) is 0 Å². The van der Waals surface area contributed by atoms with Crippen LogP contribution >= 0.6 is 23.2 Å². The molecule has 8 nitrogen and oxygen atoms in total. The van der Waals surface area contributed by atoms with E-state index in [4.69, 9.17) is 27.9 Å². The molecule has 0 unspecified atom stereocenters. The zero-order chi connectivity index (χ0) is 27.0. The minimum absolute atomic E-state index is 0.0812. The van der Waals surface area contributed by atoms with Crippen molar-refractivity contribution in [1.29, 1.82) is 0 Å². The maximum Gasteiger partial charge on any atom is 0.244 e. The molecule has 0 aromatic heterocycles. The van der Waals surface area contributed by atoms with Gasteiger partial charge in [0.25, 0.3) is 0 Å². The van der Waals surface area contributed by atoms with Crippen molar-refractivity contribution in [1.82, 2.24) is 10.2 Å². The van der Waals surface area contributed by atoms with Gasteiger partial charge in [0.05, 0.1) is 24.1 Å². The van der Waals surface area contributed by atoms with E-state index in [1.165, 1.54) is 23.1 Å². The number of halogens is 2. The van der Waals surface area contributed by atoms with Gasteiger partial charge < -0.3 is 15.0 Å². The van der Waals surface area contributed by atoms with Crippen molar-refractivity contribution in [3.05, 3.63) is 58.1 Å². The number of hydrogen-bond donors (Lipinski definition) is 1. The standard InChI is InChI=1S/C25H33Cl2N3O5S/c1-6-17(3)28-25(32)22(7-2)29(15-18-8-11-20(35-4)12-9-18)24(31)16-30(36(5,33)34)23-14-19(26)10-13-21(23)27/h8-14,17,22H,6-7,15-16H2,1-5H3,(H,28,32)/t17-,22-/m1/s1. The van der Waals surface area contributed by atoms with Gasteiger partial charge in [-0.2, -0.15) is 0 Å². The molecule has 198 valence electrons. The fourth-order valence-corrected chi connectivity index (χ4v) is 4.85. The summed E-state index contributed by atoms with van der Waals surface area (Å²) in [5.41, 5.74) is 0.840. The van der Waals surface area contributed by atoms with Crippen molar-refractivity contribution in [2.75, 3.05) is 24.2 Å². The van der Waals surface area contributed by atoms with Crippen LogP contribution in [0, 0.1) is 0 Å². The number of sulfonamides is 1. The fraction of sp³-hybridized carbons (Fsp3) is 0.440. The van der Waals surface area contributed by atoms with Gasteiger partial charge in [0.1, 0.15) is 18.3 Å². The predicted octanol–water partition coefficient (Wildman–Crippen LogP) is 4.49. The Balaban J connectivity index is 2.48. The Morgan fingerprint density at radius 2 is 1.69 bits per heavy atom. The molecule has 1 N–H and O–H groups in total. The van der Waals surface area contributed by atoms with Gasteiger partial charge in [0, 0.05) is 17.6 Å². The molecule has 2 rings (SSSR count). The van der Waals surface area contributed by atoms with Crippen LogP contribution in [0.5, 0.6) is 5.75 Å². The maximum atomic E-state index is 13.7. The zero-order valence-electron chi connectivity index (χ0n) is 21.1. The highest BCUT2D eigenvalue weighted by Gasteiger charge is 2.32. The second kappa shape index (κ2) is 13.2. The van der Waals surface area contributed by atoms with Gasteiger partial charge in [-0.3, -0.25) is 13.9 Å². The van der Waals surface area contributed by atoms with Gasteiger partial charge in [-0.15, -0.1) is 0 Å². The fourth-order valence-electron chi connectivity index (χ4n) is 3.56. The van der Waals surface area contributed by atoms with E-state index in [-0.39, 0.29) is 34.2 Å². The Bertz CT molecular complexity index is 1160. The van der Waals surface area contributed by atoms with Crippen LogP contribution in [0.1, 0.15) is 39.2 Å². The van der Waals surface area contributed by atoms with Crippen LogP contribution in [0.25, 0.3) is 0 Å². The molecule has 0 radical (unpaired) electrons. The first kappa shape index (κ1) is 29.7. The summed E-state index contributed by atoms with van der Waals surface area (Å²) < 4.78 is 31.5.